The fourth-order valence-corrected chi connectivity index (χ4v) is 3.68. The van der Waals surface area contributed by atoms with E-state index in [1.54, 1.807) is 17.0 Å². The van der Waals surface area contributed by atoms with E-state index in [2.05, 4.69) is 26.1 Å². The van der Waals surface area contributed by atoms with Crippen molar-refractivity contribution < 1.29 is 9.18 Å². The lowest BCUT2D eigenvalue weighted by atomic mass is 10.2. The second-order valence-corrected chi connectivity index (χ2v) is 6.93. The first-order valence-corrected chi connectivity index (χ1v) is 8.68. The van der Waals surface area contributed by atoms with Crippen LogP contribution in [-0.4, -0.2) is 48.1 Å². The zero-order valence-corrected chi connectivity index (χ0v) is 14.1. The second kappa shape index (κ2) is 6.96. The standard InChI is InChI=1S/C16H21BrFN3O/c17-12-5-6-15(14(18)11-12)19-16(22)21-9-7-20(8-10-21)13-3-1-2-4-13/h5-6,11,13H,1-4,7-10H2,(H,19,22). The predicted octanol–water partition coefficient (Wildman–Crippen LogP) is 3.68. The molecule has 3 rings (SSSR count). The van der Waals surface area contributed by atoms with Gasteiger partial charge in [0, 0.05) is 36.7 Å². The molecule has 0 radical (unpaired) electrons. The van der Waals surface area contributed by atoms with Crippen molar-refractivity contribution in [2.75, 3.05) is 31.5 Å². The summed E-state index contributed by atoms with van der Waals surface area (Å²) in [5.41, 5.74) is 0.228. The molecule has 1 saturated heterocycles. The number of anilines is 1. The number of urea groups is 1. The largest absolute Gasteiger partial charge is 0.322 e. The van der Waals surface area contributed by atoms with E-state index in [0.29, 0.717) is 23.6 Å². The quantitative estimate of drug-likeness (QED) is 0.862. The summed E-state index contributed by atoms with van der Waals surface area (Å²) >= 11 is 3.21. The van der Waals surface area contributed by atoms with Crippen molar-refractivity contribution in [2.45, 2.75) is 31.7 Å². The normalized spacial score (nSPS) is 20.4. The van der Waals surface area contributed by atoms with E-state index >= 15 is 0 Å². The van der Waals surface area contributed by atoms with Gasteiger partial charge in [-0.3, -0.25) is 4.90 Å². The average Bonchev–Trinajstić information content (AvgIpc) is 3.04. The number of rotatable bonds is 2. The predicted molar refractivity (Wildman–Crippen MR) is 88.5 cm³/mol. The zero-order valence-electron chi connectivity index (χ0n) is 12.5. The van der Waals surface area contributed by atoms with Crippen LogP contribution in [0.5, 0.6) is 0 Å². The maximum absolute atomic E-state index is 13.8. The van der Waals surface area contributed by atoms with Crippen LogP contribution in [0.15, 0.2) is 22.7 Å². The Hall–Kier alpha value is -1.14. The topological polar surface area (TPSA) is 35.6 Å². The molecule has 2 aliphatic rings. The number of nitrogens with one attached hydrogen (secondary N) is 1. The van der Waals surface area contributed by atoms with Gasteiger partial charge >= 0.3 is 6.03 Å². The fourth-order valence-electron chi connectivity index (χ4n) is 3.34. The van der Waals surface area contributed by atoms with Crippen LogP contribution in [0.1, 0.15) is 25.7 Å². The summed E-state index contributed by atoms with van der Waals surface area (Å²) in [6.45, 7) is 3.25. The third-order valence-corrected chi connectivity index (χ3v) is 5.11. The van der Waals surface area contributed by atoms with Crippen molar-refractivity contribution in [3.63, 3.8) is 0 Å². The number of nitrogens with zero attached hydrogens (tertiary/aromatic N) is 2. The molecule has 1 aliphatic carbocycles. The van der Waals surface area contributed by atoms with Crippen LogP contribution in [0.25, 0.3) is 0 Å². The molecular weight excluding hydrogens is 349 g/mol. The maximum Gasteiger partial charge on any atom is 0.322 e. The van der Waals surface area contributed by atoms with Gasteiger partial charge in [0.05, 0.1) is 5.69 Å². The van der Waals surface area contributed by atoms with E-state index in [0.717, 1.165) is 13.1 Å². The van der Waals surface area contributed by atoms with Crippen molar-refractivity contribution in [3.05, 3.63) is 28.5 Å². The van der Waals surface area contributed by atoms with Crippen molar-refractivity contribution in [1.82, 2.24) is 9.80 Å². The maximum atomic E-state index is 13.8. The van der Waals surface area contributed by atoms with Gasteiger partial charge in [-0.1, -0.05) is 28.8 Å². The molecule has 0 unspecified atom stereocenters. The highest BCUT2D eigenvalue weighted by atomic mass is 79.9. The second-order valence-electron chi connectivity index (χ2n) is 6.02. The number of carbonyl (C=O) groups is 1. The number of benzene rings is 1. The molecule has 0 atom stereocenters. The van der Waals surface area contributed by atoms with Crippen molar-refractivity contribution in [3.8, 4) is 0 Å². The minimum Gasteiger partial charge on any atom is -0.322 e. The van der Waals surface area contributed by atoms with E-state index in [4.69, 9.17) is 0 Å². The number of halogens is 2. The van der Waals surface area contributed by atoms with Crippen LogP contribution in [-0.2, 0) is 0 Å². The highest BCUT2D eigenvalue weighted by Gasteiger charge is 2.28. The van der Waals surface area contributed by atoms with Crippen molar-refractivity contribution in [2.24, 2.45) is 0 Å². The Labute approximate surface area is 138 Å². The molecular formula is C16H21BrFN3O. The fraction of sp³-hybridized carbons (Fsp3) is 0.562. The molecule has 1 aromatic rings. The lowest BCUT2D eigenvalue weighted by Crippen LogP contribution is -2.52. The SMILES string of the molecule is O=C(Nc1ccc(Br)cc1F)N1CCN(C2CCCC2)CC1. The van der Waals surface area contributed by atoms with Crippen LogP contribution >= 0.6 is 15.9 Å². The van der Waals surface area contributed by atoms with Gasteiger partial charge in [0.2, 0.25) is 0 Å². The monoisotopic (exact) mass is 369 g/mol. The molecule has 1 heterocycles. The molecule has 22 heavy (non-hydrogen) atoms. The third kappa shape index (κ3) is 3.60. The lowest BCUT2D eigenvalue weighted by molar-refractivity contribution is 0.115. The number of carbonyl (C=O) groups excluding carboxylic acids is 1. The van der Waals surface area contributed by atoms with Crippen LogP contribution < -0.4 is 5.32 Å². The Kier molecular flexibility index (Phi) is 4.98. The molecule has 1 aliphatic heterocycles. The molecule has 4 nitrogen and oxygen atoms in total. The Morgan fingerprint density at radius 3 is 2.50 bits per heavy atom. The van der Waals surface area contributed by atoms with Crippen molar-refractivity contribution in [1.29, 1.82) is 0 Å². The van der Waals surface area contributed by atoms with Gasteiger partial charge in [0.25, 0.3) is 0 Å². The van der Waals surface area contributed by atoms with Crippen LogP contribution in [0.3, 0.4) is 0 Å². The van der Waals surface area contributed by atoms with Crippen LogP contribution in [0.4, 0.5) is 14.9 Å². The molecule has 6 heteroatoms. The molecule has 1 N–H and O–H groups in total. The van der Waals surface area contributed by atoms with E-state index < -0.39 is 5.82 Å². The number of hydrogen-bond acceptors (Lipinski definition) is 2. The summed E-state index contributed by atoms with van der Waals surface area (Å²) in [4.78, 5) is 16.5. The summed E-state index contributed by atoms with van der Waals surface area (Å²) in [5.74, 6) is -0.424. The Morgan fingerprint density at radius 2 is 1.86 bits per heavy atom. The van der Waals surface area contributed by atoms with Gasteiger partial charge < -0.3 is 10.2 Å². The number of piperazine rings is 1. The summed E-state index contributed by atoms with van der Waals surface area (Å²) in [7, 11) is 0. The summed E-state index contributed by atoms with van der Waals surface area (Å²) in [6.07, 6.45) is 5.23. The molecule has 1 saturated carbocycles. The summed E-state index contributed by atoms with van der Waals surface area (Å²) in [6, 6.07) is 5.14. The lowest BCUT2D eigenvalue weighted by Gasteiger charge is -2.38. The molecule has 1 aromatic carbocycles. The van der Waals surface area contributed by atoms with E-state index in [9.17, 15) is 9.18 Å². The molecule has 0 aromatic heterocycles. The minimum absolute atomic E-state index is 0.215. The third-order valence-electron chi connectivity index (χ3n) is 4.62. The average molecular weight is 370 g/mol. The molecule has 0 bridgehead atoms. The van der Waals surface area contributed by atoms with Crippen molar-refractivity contribution >= 4 is 27.6 Å². The first kappa shape index (κ1) is 15.7. The molecule has 0 spiro atoms. The molecule has 2 fully saturated rings. The first-order chi connectivity index (χ1) is 10.6. The van der Waals surface area contributed by atoms with E-state index in [1.165, 1.54) is 31.7 Å². The Bertz CT molecular complexity index is 540. The summed E-state index contributed by atoms with van der Waals surface area (Å²) < 4.78 is 14.4. The van der Waals surface area contributed by atoms with Crippen LogP contribution in [0.2, 0.25) is 0 Å². The van der Waals surface area contributed by atoms with Gasteiger partial charge in [0.1, 0.15) is 5.82 Å². The zero-order chi connectivity index (χ0) is 15.5. The van der Waals surface area contributed by atoms with Gasteiger partial charge in [-0.05, 0) is 31.0 Å². The number of hydrogen-bond donors (Lipinski definition) is 1. The van der Waals surface area contributed by atoms with Gasteiger partial charge in [-0.2, -0.15) is 0 Å². The Morgan fingerprint density at radius 1 is 1.18 bits per heavy atom. The minimum atomic E-state index is -0.424. The van der Waals surface area contributed by atoms with Gasteiger partial charge in [-0.25, -0.2) is 9.18 Å². The molecule has 2 amide bonds. The number of amides is 2. The first-order valence-electron chi connectivity index (χ1n) is 7.88. The molecule has 120 valence electrons. The highest BCUT2D eigenvalue weighted by molar-refractivity contribution is 9.10. The Balaban J connectivity index is 1.53. The van der Waals surface area contributed by atoms with Crippen LogP contribution in [0, 0.1) is 5.82 Å². The van der Waals surface area contributed by atoms with E-state index in [1.807, 2.05) is 0 Å². The summed E-state index contributed by atoms with van der Waals surface area (Å²) in [5, 5.41) is 2.66. The highest BCUT2D eigenvalue weighted by Crippen LogP contribution is 2.24. The van der Waals surface area contributed by atoms with E-state index in [-0.39, 0.29) is 11.7 Å². The van der Waals surface area contributed by atoms with Gasteiger partial charge in [0.15, 0.2) is 0 Å². The van der Waals surface area contributed by atoms with Gasteiger partial charge in [-0.15, -0.1) is 0 Å². The smallest absolute Gasteiger partial charge is 0.322 e.